The average Bonchev–Trinajstić information content (AvgIpc) is 2.62. The van der Waals surface area contributed by atoms with E-state index in [0.29, 0.717) is 10.8 Å². The largest absolute Gasteiger partial charge is 0.0850 e. The Morgan fingerprint density at radius 3 is 2.50 bits per heavy atom. The van der Waals surface area contributed by atoms with Crippen LogP contribution in [0, 0.1) is 22.7 Å². The molecule has 3 atom stereocenters. The molecule has 2 fully saturated rings. The van der Waals surface area contributed by atoms with Crippen LogP contribution in [0.3, 0.4) is 0 Å². The molecule has 0 aromatic carbocycles. The maximum atomic E-state index is 2.59. The first-order valence-corrected chi connectivity index (χ1v) is 7.24. The van der Waals surface area contributed by atoms with Gasteiger partial charge in [0.2, 0.25) is 0 Å². The molecule has 2 bridgehead atoms. The van der Waals surface area contributed by atoms with Crippen LogP contribution in [0.1, 0.15) is 65.7 Å². The van der Waals surface area contributed by atoms with Crippen LogP contribution in [-0.4, -0.2) is 0 Å². The summed E-state index contributed by atoms with van der Waals surface area (Å²) < 4.78 is 0. The molecule has 0 nitrogen and oxygen atoms in total. The van der Waals surface area contributed by atoms with Gasteiger partial charge < -0.3 is 0 Å². The molecule has 0 unspecified atom stereocenters. The quantitative estimate of drug-likeness (QED) is 0.546. The van der Waals surface area contributed by atoms with Gasteiger partial charge in [0.15, 0.2) is 0 Å². The van der Waals surface area contributed by atoms with Gasteiger partial charge in [0.05, 0.1) is 0 Å². The van der Waals surface area contributed by atoms with E-state index in [1.165, 1.54) is 44.9 Å². The maximum Gasteiger partial charge on any atom is -0.0141 e. The molecule has 0 aliphatic heterocycles. The Hall–Kier alpha value is -0.260. The molecule has 0 heteroatoms. The third-order valence-corrected chi connectivity index (χ3v) is 6.57. The fourth-order valence-electron chi connectivity index (χ4n) is 4.94. The smallest absolute Gasteiger partial charge is 0.0141 e. The standard InChI is InChI=1S/C16H26/c1-15(2)13-9-10-16(15,3)14(11-13)12-7-5-4-6-8-12/h7,13-14H,4-6,8-11H2,1-3H3/t13-,14+,16+/m1/s1. The zero-order valence-electron chi connectivity index (χ0n) is 11.2. The van der Waals surface area contributed by atoms with E-state index in [4.69, 9.17) is 0 Å². The summed E-state index contributed by atoms with van der Waals surface area (Å²) in [6.07, 6.45) is 12.7. The molecule has 16 heavy (non-hydrogen) atoms. The van der Waals surface area contributed by atoms with Gasteiger partial charge in [-0.25, -0.2) is 0 Å². The maximum absolute atomic E-state index is 2.59. The summed E-state index contributed by atoms with van der Waals surface area (Å²) in [4.78, 5) is 0. The van der Waals surface area contributed by atoms with E-state index in [0.717, 1.165) is 11.8 Å². The fourth-order valence-corrected chi connectivity index (χ4v) is 4.94. The van der Waals surface area contributed by atoms with Gasteiger partial charge in [0.25, 0.3) is 0 Å². The first-order valence-electron chi connectivity index (χ1n) is 7.24. The second-order valence-electron chi connectivity index (χ2n) is 7.19. The second kappa shape index (κ2) is 3.37. The van der Waals surface area contributed by atoms with Gasteiger partial charge in [-0.1, -0.05) is 32.4 Å². The highest BCUT2D eigenvalue weighted by Crippen LogP contribution is 2.69. The van der Waals surface area contributed by atoms with Crippen LogP contribution < -0.4 is 0 Å². The molecule has 0 radical (unpaired) electrons. The first-order chi connectivity index (χ1) is 7.56. The van der Waals surface area contributed by atoms with E-state index in [9.17, 15) is 0 Å². The van der Waals surface area contributed by atoms with E-state index in [2.05, 4.69) is 26.8 Å². The third-order valence-electron chi connectivity index (χ3n) is 6.57. The lowest BCUT2D eigenvalue weighted by molar-refractivity contribution is 0.116. The van der Waals surface area contributed by atoms with E-state index >= 15 is 0 Å². The molecule has 0 heterocycles. The summed E-state index contributed by atoms with van der Waals surface area (Å²) in [5, 5.41) is 0. The Bertz CT molecular complexity index is 323. The number of rotatable bonds is 1. The molecule has 0 aromatic rings. The lowest BCUT2D eigenvalue weighted by Gasteiger charge is -2.41. The lowest BCUT2D eigenvalue weighted by atomic mass is 9.64. The van der Waals surface area contributed by atoms with Crippen molar-refractivity contribution in [1.82, 2.24) is 0 Å². The summed E-state index contributed by atoms with van der Waals surface area (Å²) in [7, 11) is 0. The Balaban J connectivity index is 1.92. The molecule has 3 aliphatic carbocycles. The monoisotopic (exact) mass is 218 g/mol. The predicted octanol–water partition coefficient (Wildman–Crippen LogP) is 4.95. The predicted molar refractivity (Wildman–Crippen MR) is 69.3 cm³/mol. The Labute approximate surface area is 101 Å². The summed E-state index contributed by atoms with van der Waals surface area (Å²) in [5.41, 5.74) is 3.04. The van der Waals surface area contributed by atoms with E-state index in [1.54, 1.807) is 0 Å². The average molecular weight is 218 g/mol. The van der Waals surface area contributed by atoms with E-state index in [-0.39, 0.29) is 0 Å². The zero-order valence-corrected chi connectivity index (χ0v) is 11.2. The Kier molecular flexibility index (Phi) is 2.29. The highest BCUT2D eigenvalue weighted by molar-refractivity contribution is 5.22. The van der Waals surface area contributed by atoms with Crippen LogP contribution in [0.25, 0.3) is 0 Å². The van der Waals surface area contributed by atoms with Gasteiger partial charge in [-0.05, 0) is 67.6 Å². The van der Waals surface area contributed by atoms with Crippen molar-refractivity contribution in [2.75, 3.05) is 0 Å². The lowest BCUT2D eigenvalue weighted by Crippen LogP contribution is -2.33. The molecule has 0 spiro atoms. The normalized spacial score (nSPS) is 45.8. The van der Waals surface area contributed by atoms with Gasteiger partial charge in [-0.15, -0.1) is 0 Å². The minimum Gasteiger partial charge on any atom is -0.0850 e. The molecule has 2 saturated carbocycles. The highest BCUT2D eigenvalue weighted by Gasteiger charge is 2.61. The van der Waals surface area contributed by atoms with Crippen molar-refractivity contribution < 1.29 is 0 Å². The zero-order chi connectivity index (χ0) is 11.4. The minimum absolute atomic E-state index is 0.593. The van der Waals surface area contributed by atoms with Crippen molar-refractivity contribution in [3.63, 3.8) is 0 Å². The number of allylic oxidation sites excluding steroid dienone is 2. The summed E-state index contributed by atoms with van der Waals surface area (Å²) in [5.74, 6) is 1.94. The topological polar surface area (TPSA) is 0 Å². The van der Waals surface area contributed by atoms with Gasteiger partial charge in [0.1, 0.15) is 0 Å². The van der Waals surface area contributed by atoms with Crippen LogP contribution in [0.4, 0.5) is 0 Å². The molecule has 0 aromatic heterocycles. The highest BCUT2D eigenvalue weighted by atomic mass is 14.7. The van der Waals surface area contributed by atoms with Crippen LogP contribution in [0.2, 0.25) is 0 Å². The molecule has 0 amide bonds. The summed E-state index contributed by atoms with van der Waals surface area (Å²) in [6.45, 7) is 7.65. The van der Waals surface area contributed by atoms with Crippen LogP contribution in [0.5, 0.6) is 0 Å². The van der Waals surface area contributed by atoms with Crippen LogP contribution in [-0.2, 0) is 0 Å². The Morgan fingerprint density at radius 1 is 1.19 bits per heavy atom. The number of fused-ring (bicyclic) bond motifs is 2. The first kappa shape index (κ1) is 10.9. The number of hydrogen-bond donors (Lipinski definition) is 0. The minimum atomic E-state index is 0.593. The molecular weight excluding hydrogens is 192 g/mol. The molecule has 0 N–H and O–H groups in total. The van der Waals surface area contributed by atoms with Gasteiger partial charge in [-0.2, -0.15) is 0 Å². The molecular formula is C16H26. The van der Waals surface area contributed by atoms with Crippen molar-refractivity contribution in [1.29, 1.82) is 0 Å². The molecule has 3 aliphatic rings. The SMILES string of the molecule is CC1(C)[C@@H]2CC[C@@]1(C)[C@H](C1=CCCCC1)C2. The van der Waals surface area contributed by atoms with Crippen molar-refractivity contribution in [3.05, 3.63) is 11.6 Å². The second-order valence-corrected chi connectivity index (χ2v) is 7.19. The third kappa shape index (κ3) is 1.22. The summed E-state index contributed by atoms with van der Waals surface area (Å²) in [6, 6.07) is 0. The van der Waals surface area contributed by atoms with Crippen molar-refractivity contribution in [3.8, 4) is 0 Å². The van der Waals surface area contributed by atoms with Crippen molar-refractivity contribution in [2.24, 2.45) is 22.7 Å². The van der Waals surface area contributed by atoms with Crippen molar-refractivity contribution >= 4 is 0 Å². The van der Waals surface area contributed by atoms with E-state index < -0.39 is 0 Å². The van der Waals surface area contributed by atoms with Crippen molar-refractivity contribution in [2.45, 2.75) is 65.7 Å². The van der Waals surface area contributed by atoms with Crippen LogP contribution in [0.15, 0.2) is 11.6 Å². The summed E-state index contributed by atoms with van der Waals surface area (Å²) >= 11 is 0. The van der Waals surface area contributed by atoms with Crippen LogP contribution >= 0.6 is 0 Å². The number of hydrogen-bond acceptors (Lipinski definition) is 0. The van der Waals surface area contributed by atoms with Gasteiger partial charge in [0, 0.05) is 0 Å². The molecule has 90 valence electrons. The Morgan fingerprint density at radius 2 is 2.00 bits per heavy atom. The van der Waals surface area contributed by atoms with E-state index in [1.807, 2.05) is 5.57 Å². The van der Waals surface area contributed by atoms with Gasteiger partial charge in [-0.3, -0.25) is 0 Å². The molecule has 3 rings (SSSR count). The fraction of sp³-hybridized carbons (Fsp3) is 0.875. The van der Waals surface area contributed by atoms with Gasteiger partial charge >= 0.3 is 0 Å². The molecule has 0 saturated heterocycles.